The van der Waals surface area contributed by atoms with E-state index in [1.54, 1.807) is 6.20 Å². The van der Waals surface area contributed by atoms with Gasteiger partial charge < -0.3 is 5.11 Å². The molecule has 0 aliphatic carbocycles. The van der Waals surface area contributed by atoms with E-state index in [0.717, 1.165) is 12.2 Å². The molecule has 5 nitrogen and oxygen atoms in total. The molecule has 0 atom stereocenters. The summed E-state index contributed by atoms with van der Waals surface area (Å²) in [6, 6.07) is 0. The van der Waals surface area contributed by atoms with Crippen LogP contribution in [0, 0.1) is 0 Å². The molecule has 12 heavy (non-hydrogen) atoms. The van der Waals surface area contributed by atoms with Gasteiger partial charge in [0.2, 0.25) is 0 Å². The summed E-state index contributed by atoms with van der Waals surface area (Å²) in [5.74, 6) is 0. The van der Waals surface area contributed by atoms with Gasteiger partial charge in [-0.05, 0) is 6.08 Å². The van der Waals surface area contributed by atoms with Crippen molar-refractivity contribution in [3.63, 3.8) is 0 Å². The Bertz CT molecular complexity index is 272. The van der Waals surface area contributed by atoms with E-state index in [4.69, 9.17) is 5.11 Å². The largest absolute Gasteiger partial charge is 0.465 e. The van der Waals surface area contributed by atoms with Gasteiger partial charge in [0.1, 0.15) is 0 Å². The van der Waals surface area contributed by atoms with Crippen LogP contribution >= 0.6 is 0 Å². The first-order chi connectivity index (χ1) is 5.77. The van der Waals surface area contributed by atoms with Gasteiger partial charge in [0.05, 0.1) is 12.2 Å². The van der Waals surface area contributed by atoms with Gasteiger partial charge in [0, 0.05) is 18.9 Å². The van der Waals surface area contributed by atoms with Crippen LogP contribution in [-0.4, -0.2) is 34.2 Å². The van der Waals surface area contributed by atoms with Crippen molar-refractivity contribution >= 4 is 6.09 Å². The van der Waals surface area contributed by atoms with Gasteiger partial charge in [0.15, 0.2) is 0 Å². The fourth-order valence-corrected chi connectivity index (χ4v) is 1.26. The average molecular weight is 167 g/mol. The van der Waals surface area contributed by atoms with Crippen LogP contribution in [0.25, 0.3) is 0 Å². The number of carboxylic acid groups (broad SMARTS) is 1. The molecule has 5 heteroatoms. The normalized spacial score (nSPS) is 20.8. The van der Waals surface area contributed by atoms with E-state index in [1.165, 1.54) is 11.1 Å². The van der Waals surface area contributed by atoms with Gasteiger partial charge >= 0.3 is 6.09 Å². The molecule has 2 aliphatic heterocycles. The van der Waals surface area contributed by atoms with E-state index < -0.39 is 6.09 Å². The number of hydrogen-bond acceptors (Lipinski definition) is 3. The summed E-state index contributed by atoms with van der Waals surface area (Å²) in [6.07, 6.45) is 4.30. The monoisotopic (exact) mass is 167 g/mol. The second-order valence-corrected chi connectivity index (χ2v) is 2.64. The molecule has 0 fully saturated rings. The Hall–Kier alpha value is -1.49. The number of hydrazine groups is 1. The zero-order chi connectivity index (χ0) is 8.55. The molecule has 0 aromatic heterocycles. The quantitative estimate of drug-likeness (QED) is 0.539. The Morgan fingerprint density at radius 1 is 1.58 bits per heavy atom. The summed E-state index contributed by atoms with van der Waals surface area (Å²) in [7, 11) is 0. The van der Waals surface area contributed by atoms with Gasteiger partial charge in [-0.3, -0.25) is 9.91 Å². The van der Waals surface area contributed by atoms with E-state index in [2.05, 4.69) is 5.43 Å². The predicted octanol–water partition coefficient (Wildman–Crippen LogP) is 0.155. The van der Waals surface area contributed by atoms with Gasteiger partial charge in [-0.15, -0.1) is 0 Å². The maximum Gasteiger partial charge on any atom is 0.411 e. The minimum atomic E-state index is -0.918. The van der Waals surface area contributed by atoms with Crippen LogP contribution in [0.2, 0.25) is 0 Å². The lowest BCUT2D eigenvalue weighted by atomic mass is 10.3. The predicted molar refractivity (Wildman–Crippen MR) is 41.8 cm³/mol. The molecule has 0 saturated carbocycles. The Morgan fingerprint density at radius 3 is 3.17 bits per heavy atom. The first kappa shape index (κ1) is 7.17. The van der Waals surface area contributed by atoms with Crippen LogP contribution in [0.5, 0.6) is 0 Å². The van der Waals surface area contributed by atoms with Crippen LogP contribution < -0.4 is 5.43 Å². The summed E-state index contributed by atoms with van der Waals surface area (Å²) in [5.41, 5.74) is 4.04. The van der Waals surface area contributed by atoms with Crippen molar-refractivity contribution in [1.29, 1.82) is 0 Å². The maximum atomic E-state index is 10.6. The lowest BCUT2D eigenvalue weighted by molar-refractivity contribution is 0.158. The standard InChI is InChI=1S/C7H9N3O2/c11-7(12)9-3-4-10-6(5-9)1-2-8-10/h1,3-4,8H,2,5H2,(H,11,12). The number of carbonyl (C=O) groups is 1. The molecule has 0 saturated heterocycles. The molecule has 0 aromatic rings. The number of rotatable bonds is 0. The lowest BCUT2D eigenvalue weighted by Crippen LogP contribution is -2.38. The molecular formula is C7H9N3O2. The highest BCUT2D eigenvalue weighted by Crippen LogP contribution is 2.15. The molecule has 2 rings (SSSR count). The second-order valence-electron chi connectivity index (χ2n) is 2.64. The van der Waals surface area contributed by atoms with E-state index in [0.29, 0.717) is 6.54 Å². The van der Waals surface area contributed by atoms with Crippen molar-refractivity contribution in [2.45, 2.75) is 0 Å². The first-order valence-electron chi connectivity index (χ1n) is 3.67. The first-order valence-corrected chi connectivity index (χ1v) is 3.67. The highest BCUT2D eigenvalue weighted by molar-refractivity contribution is 5.67. The highest BCUT2D eigenvalue weighted by Gasteiger charge is 2.21. The van der Waals surface area contributed by atoms with Crippen LogP contribution in [0.3, 0.4) is 0 Å². The van der Waals surface area contributed by atoms with Crippen molar-refractivity contribution in [2.24, 2.45) is 0 Å². The van der Waals surface area contributed by atoms with Crippen molar-refractivity contribution in [3.05, 3.63) is 24.2 Å². The molecule has 1 amide bonds. The summed E-state index contributed by atoms with van der Waals surface area (Å²) in [4.78, 5) is 11.8. The summed E-state index contributed by atoms with van der Waals surface area (Å²) in [5, 5.41) is 10.5. The zero-order valence-corrected chi connectivity index (χ0v) is 6.40. The van der Waals surface area contributed by atoms with Gasteiger partial charge in [-0.2, -0.15) is 0 Å². The van der Waals surface area contributed by atoms with Crippen molar-refractivity contribution in [1.82, 2.24) is 15.3 Å². The number of nitrogens with one attached hydrogen (secondary N) is 1. The van der Waals surface area contributed by atoms with E-state index in [-0.39, 0.29) is 0 Å². The fraction of sp³-hybridized carbons (Fsp3) is 0.286. The summed E-state index contributed by atoms with van der Waals surface area (Å²) < 4.78 is 0. The molecule has 2 N–H and O–H groups in total. The fourth-order valence-electron chi connectivity index (χ4n) is 1.26. The number of nitrogens with zero attached hydrogens (tertiary/aromatic N) is 2. The molecule has 0 bridgehead atoms. The molecule has 0 spiro atoms. The molecule has 2 heterocycles. The van der Waals surface area contributed by atoms with E-state index in [1.807, 2.05) is 11.1 Å². The molecular weight excluding hydrogens is 158 g/mol. The van der Waals surface area contributed by atoms with E-state index in [9.17, 15) is 4.79 Å². The van der Waals surface area contributed by atoms with Crippen molar-refractivity contribution in [3.8, 4) is 0 Å². The SMILES string of the molecule is O=C(O)N1C=CN2NCC=C2C1. The summed E-state index contributed by atoms with van der Waals surface area (Å²) >= 11 is 0. The van der Waals surface area contributed by atoms with Crippen LogP contribution in [-0.2, 0) is 0 Å². The van der Waals surface area contributed by atoms with Gasteiger partial charge in [-0.25, -0.2) is 10.2 Å². The third-order valence-corrected chi connectivity index (χ3v) is 1.88. The third kappa shape index (κ3) is 1.04. The van der Waals surface area contributed by atoms with Crippen LogP contribution in [0.1, 0.15) is 0 Å². The number of fused-ring (bicyclic) bond motifs is 1. The zero-order valence-electron chi connectivity index (χ0n) is 6.40. The topological polar surface area (TPSA) is 55.8 Å². The minimum Gasteiger partial charge on any atom is -0.465 e. The molecule has 64 valence electrons. The van der Waals surface area contributed by atoms with Crippen LogP contribution in [0.15, 0.2) is 24.2 Å². The Kier molecular flexibility index (Phi) is 1.51. The highest BCUT2D eigenvalue weighted by atomic mass is 16.4. The van der Waals surface area contributed by atoms with Gasteiger partial charge in [0.25, 0.3) is 0 Å². The molecule has 2 aliphatic rings. The van der Waals surface area contributed by atoms with Gasteiger partial charge in [-0.1, -0.05) is 0 Å². The molecule has 0 radical (unpaired) electrons. The third-order valence-electron chi connectivity index (χ3n) is 1.88. The molecule has 0 unspecified atom stereocenters. The minimum absolute atomic E-state index is 0.429. The smallest absolute Gasteiger partial charge is 0.411 e. The van der Waals surface area contributed by atoms with E-state index >= 15 is 0 Å². The summed E-state index contributed by atoms with van der Waals surface area (Å²) in [6.45, 7) is 1.20. The number of amides is 1. The number of hydrogen-bond donors (Lipinski definition) is 2. The van der Waals surface area contributed by atoms with Crippen molar-refractivity contribution < 1.29 is 9.90 Å². The Balaban J connectivity index is 2.17. The lowest BCUT2D eigenvalue weighted by Gasteiger charge is -2.27. The maximum absolute atomic E-state index is 10.6. The van der Waals surface area contributed by atoms with Crippen LogP contribution in [0.4, 0.5) is 4.79 Å². The Labute approximate surface area is 69.5 Å². The Morgan fingerprint density at radius 2 is 2.42 bits per heavy atom. The van der Waals surface area contributed by atoms with Crippen molar-refractivity contribution in [2.75, 3.05) is 13.1 Å². The average Bonchev–Trinajstić information content (AvgIpc) is 2.49. The second kappa shape index (κ2) is 2.53. The molecule has 0 aromatic carbocycles.